The minimum Gasteiger partial charge on any atom is -0.532 e. The Balaban J connectivity index is 2.67. The lowest BCUT2D eigenvalue weighted by Gasteiger charge is -2.17. The average Bonchev–Trinajstić information content (AvgIpc) is 2.38. The lowest BCUT2D eigenvalue weighted by Crippen LogP contribution is -2.24. The zero-order valence-corrected chi connectivity index (χ0v) is 11.6. The fraction of sp³-hybridized carbons (Fsp3) is 0.455. The fourth-order valence-electron chi connectivity index (χ4n) is 1.27. The number of nitrogens with zero attached hydrogens (tertiary/aromatic N) is 3. The highest BCUT2D eigenvalue weighted by Crippen LogP contribution is 2.09. The average molecular weight is 237 g/mol. The Bertz CT molecular complexity index is 415. The van der Waals surface area contributed by atoms with Crippen molar-refractivity contribution in [2.45, 2.75) is 26.6 Å². The summed E-state index contributed by atoms with van der Waals surface area (Å²) in [6, 6.07) is 1.96. The quantitative estimate of drug-likeness (QED) is 0.458. The van der Waals surface area contributed by atoms with Gasteiger partial charge in [0.2, 0.25) is 8.32 Å². The minimum absolute atomic E-state index is 0.470. The minimum atomic E-state index is -1.60. The molecule has 0 spiro atoms. The second kappa shape index (κ2) is 4.65. The Hall–Kier alpha value is -1.36. The molecule has 0 N–H and O–H groups in total. The lowest BCUT2D eigenvalue weighted by molar-refractivity contribution is 0.421. The first kappa shape index (κ1) is 12.7. The van der Waals surface area contributed by atoms with E-state index in [-0.39, 0.29) is 0 Å². The van der Waals surface area contributed by atoms with Crippen LogP contribution in [-0.2, 0) is 11.5 Å². The molecule has 0 fully saturated rings. The maximum Gasteiger partial charge on any atom is 0.244 e. The molecule has 0 aliphatic heterocycles. The van der Waals surface area contributed by atoms with Crippen molar-refractivity contribution in [2.75, 3.05) is 0 Å². The summed E-state index contributed by atoms with van der Waals surface area (Å²) < 4.78 is 7.40. The van der Waals surface area contributed by atoms with E-state index in [1.54, 1.807) is 10.9 Å². The van der Waals surface area contributed by atoms with Gasteiger partial charge >= 0.3 is 0 Å². The van der Waals surface area contributed by atoms with Gasteiger partial charge in [0.1, 0.15) is 0 Å². The predicted octanol–water partition coefficient (Wildman–Crippen LogP) is 2.47. The Kier molecular flexibility index (Phi) is 3.69. The standard InChI is InChI=1S/C11H19N3OSi/c1-9-7-11(14(3)13-9)8-12-10(2)15-16(4,5)6/h7-8H,2H2,1,3-6H3/b12-8+. The van der Waals surface area contributed by atoms with Crippen LogP contribution in [0.4, 0.5) is 0 Å². The fourth-order valence-corrected chi connectivity index (χ4v) is 2.03. The molecule has 0 aliphatic rings. The van der Waals surface area contributed by atoms with Gasteiger partial charge in [-0.25, -0.2) is 4.99 Å². The Morgan fingerprint density at radius 3 is 2.62 bits per heavy atom. The van der Waals surface area contributed by atoms with Crippen LogP contribution >= 0.6 is 0 Å². The summed E-state index contributed by atoms with van der Waals surface area (Å²) in [4.78, 5) is 4.19. The highest BCUT2D eigenvalue weighted by atomic mass is 28.4. The van der Waals surface area contributed by atoms with E-state index in [0.29, 0.717) is 5.88 Å². The summed E-state index contributed by atoms with van der Waals surface area (Å²) in [7, 11) is 0.283. The van der Waals surface area contributed by atoms with Crippen LogP contribution in [0.25, 0.3) is 0 Å². The summed E-state index contributed by atoms with van der Waals surface area (Å²) in [5, 5.41) is 4.23. The topological polar surface area (TPSA) is 39.4 Å². The van der Waals surface area contributed by atoms with Crippen molar-refractivity contribution in [2.24, 2.45) is 12.0 Å². The number of aryl methyl sites for hydroxylation is 2. The van der Waals surface area contributed by atoms with Crippen molar-refractivity contribution in [3.05, 3.63) is 29.9 Å². The SMILES string of the molecule is C=C(/N=C/c1cc(C)nn1C)O[Si](C)(C)C. The zero-order chi connectivity index (χ0) is 12.3. The van der Waals surface area contributed by atoms with Gasteiger partial charge in [-0.15, -0.1) is 0 Å². The predicted molar refractivity (Wildman–Crippen MR) is 69.1 cm³/mol. The number of rotatable bonds is 4. The van der Waals surface area contributed by atoms with E-state index in [4.69, 9.17) is 4.43 Å². The van der Waals surface area contributed by atoms with Gasteiger partial charge in [-0.1, -0.05) is 0 Å². The van der Waals surface area contributed by atoms with Gasteiger partial charge in [0, 0.05) is 7.05 Å². The monoisotopic (exact) mass is 237 g/mol. The van der Waals surface area contributed by atoms with Crippen molar-refractivity contribution in [3.63, 3.8) is 0 Å². The highest BCUT2D eigenvalue weighted by Gasteiger charge is 2.16. The first-order valence-corrected chi connectivity index (χ1v) is 8.61. The third-order valence-corrected chi connectivity index (χ3v) is 2.65. The van der Waals surface area contributed by atoms with Gasteiger partial charge in [0.05, 0.1) is 17.6 Å². The smallest absolute Gasteiger partial charge is 0.244 e. The van der Waals surface area contributed by atoms with E-state index in [1.165, 1.54) is 0 Å². The van der Waals surface area contributed by atoms with Gasteiger partial charge in [-0.3, -0.25) is 4.68 Å². The maximum atomic E-state index is 5.62. The first-order valence-electron chi connectivity index (χ1n) is 5.20. The van der Waals surface area contributed by atoms with Crippen LogP contribution in [0, 0.1) is 6.92 Å². The Morgan fingerprint density at radius 2 is 2.19 bits per heavy atom. The molecule has 1 aromatic rings. The van der Waals surface area contributed by atoms with E-state index >= 15 is 0 Å². The van der Waals surface area contributed by atoms with E-state index < -0.39 is 8.32 Å². The molecular formula is C11H19N3OSi. The molecule has 5 heteroatoms. The Labute approximate surface area is 97.8 Å². The summed E-state index contributed by atoms with van der Waals surface area (Å²) in [6.45, 7) is 12.0. The third kappa shape index (κ3) is 4.02. The van der Waals surface area contributed by atoms with Crippen molar-refractivity contribution in [3.8, 4) is 0 Å². The number of aromatic nitrogens is 2. The second-order valence-electron chi connectivity index (χ2n) is 4.70. The van der Waals surface area contributed by atoms with Crippen LogP contribution in [0.2, 0.25) is 19.6 Å². The van der Waals surface area contributed by atoms with Crippen LogP contribution in [-0.4, -0.2) is 24.3 Å². The van der Waals surface area contributed by atoms with Crippen LogP contribution in [0.3, 0.4) is 0 Å². The summed E-state index contributed by atoms with van der Waals surface area (Å²) in [5.41, 5.74) is 1.92. The van der Waals surface area contributed by atoms with E-state index in [2.05, 4.69) is 36.3 Å². The van der Waals surface area contributed by atoms with Crippen LogP contribution in [0.1, 0.15) is 11.4 Å². The van der Waals surface area contributed by atoms with Crippen LogP contribution < -0.4 is 0 Å². The summed E-state index contributed by atoms with van der Waals surface area (Å²) in [5.74, 6) is 0.470. The maximum absolute atomic E-state index is 5.62. The van der Waals surface area contributed by atoms with E-state index in [0.717, 1.165) is 11.4 Å². The second-order valence-corrected chi connectivity index (χ2v) is 9.13. The summed E-state index contributed by atoms with van der Waals surface area (Å²) >= 11 is 0. The van der Waals surface area contributed by atoms with Crippen molar-refractivity contribution < 1.29 is 4.43 Å². The van der Waals surface area contributed by atoms with Gasteiger partial charge in [-0.05, 0) is 39.2 Å². The molecule has 1 aromatic heterocycles. The number of hydrogen-bond acceptors (Lipinski definition) is 3. The molecule has 0 aliphatic carbocycles. The molecule has 0 atom stereocenters. The molecule has 0 aromatic carbocycles. The molecule has 88 valence electrons. The number of aliphatic imine (C=N–C) groups is 1. The summed E-state index contributed by atoms with van der Waals surface area (Å²) in [6.07, 6.45) is 1.72. The third-order valence-electron chi connectivity index (χ3n) is 1.80. The molecule has 0 unspecified atom stereocenters. The first-order chi connectivity index (χ1) is 7.28. The largest absolute Gasteiger partial charge is 0.532 e. The molecule has 0 saturated heterocycles. The van der Waals surface area contributed by atoms with Crippen LogP contribution in [0.5, 0.6) is 0 Å². The van der Waals surface area contributed by atoms with Gasteiger partial charge in [-0.2, -0.15) is 5.10 Å². The van der Waals surface area contributed by atoms with Gasteiger partial charge < -0.3 is 4.43 Å². The van der Waals surface area contributed by atoms with Gasteiger partial charge in [0.25, 0.3) is 0 Å². The Morgan fingerprint density at radius 1 is 1.56 bits per heavy atom. The zero-order valence-electron chi connectivity index (χ0n) is 10.6. The van der Waals surface area contributed by atoms with Crippen molar-refractivity contribution in [1.29, 1.82) is 0 Å². The molecule has 0 bridgehead atoms. The van der Waals surface area contributed by atoms with Gasteiger partial charge in [0.15, 0.2) is 5.88 Å². The molecule has 1 rings (SSSR count). The molecule has 0 saturated carbocycles. The lowest BCUT2D eigenvalue weighted by atomic mass is 10.4. The molecule has 4 nitrogen and oxygen atoms in total. The molecule has 0 amide bonds. The number of hydrogen-bond donors (Lipinski definition) is 0. The van der Waals surface area contributed by atoms with Crippen molar-refractivity contribution in [1.82, 2.24) is 9.78 Å². The normalized spacial score (nSPS) is 12.1. The highest BCUT2D eigenvalue weighted by molar-refractivity contribution is 6.70. The van der Waals surface area contributed by atoms with E-state index in [1.807, 2.05) is 20.0 Å². The van der Waals surface area contributed by atoms with Crippen molar-refractivity contribution >= 4 is 14.5 Å². The molecular weight excluding hydrogens is 218 g/mol. The molecule has 0 radical (unpaired) electrons. The molecule has 16 heavy (non-hydrogen) atoms. The van der Waals surface area contributed by atoms with E-state index in [9.17, 15) is 0 Å². The molecule has 1 heterocycles. The van der Waals surface area contributed by atoms with Crippen LogP contribution in [0.15, 0.2) is 23.5 Å².